The zero-order chi connectivity index (χ0) is 16.7. The molecule has 0 fully saturated rings. The molecule has 0 aromatic heterocycles. The van der Waals surface area contributed by atoms with Gasteiger partial charge in [0.25, 0.3) is 0 Å². The van der Waals surface area contributed by atoms with Crippen LogP contribution in [0.25, 0.3) is 0 Å². The van der Waals surface area contributed by atoms with Gasteiger partial charge in [-0.2, -0.15) is 5.10 Å². The fraction of sp³-hybridized carbons (Fsp3) is 0.0625. The Balaban J connectivity index is 1.84. The van der Waals surface area contributed by atoms with Crippen LogP contribution in [0.5, 0.6) is 0 Å². The predicted octanol–water partition coefficient (Wildman–Crippen LogP) is 3.10. The molecule has 0 unspecified atom stereocenters. The van der Waals surface area contributed by atoms with Crippen molar-refractivity contribution in [2.75, 3.05) is 10.6 Å². The lowest BCUT2D eigenvalue weighted by Crippen LogP contribution is -2.23. The van der Waals surface area contributed by atoms with Gasteiger partial charge in [-0.05, 0) is 54.2 Å². The van der Waals surface area contributed by atoms with Gasteiger partial charge in [-0.1, -0.05) is 12.1 Å². The van der Waals surface area contributed by atoms with Crippen molar-refractivity contribution in [3.05, 3.63) is 59.9 Å². The number of carbonyl (C=O) groups is 1. The minimum absolute atomic E-state index is 0.120. The average Bonchev–Trinajstić information content (AvgIpc) is 2.51. The Labute approximate surface area is 138 Å². The lowest BCUT2D eigenvalue weighted by molar-refractivity contribution is -0.114. The summed E-state index contributed by atoms with van der Waals surface area (Å²) in [6.45, 7) is 1.45. The molecule has 0 saturated carbocycles. The monoisotopic (exact) mass is 330 g/mol. The van der Waals surface area contributed by atoms with Crippen LogP contribution in [0.15, 0.2) is 53.6 Å². The highest BCUT2D eigenvalue weighted by Gasteiger charge is 1.97. The molecule has 7 heteroatoms. The van der Waals surface area contributed by atoms with E-state index in [0.29, 0.717) is 10.8 Å². The van der Waals surface area contributed by atoms with Gasteiger partial charge in [0, 0.05) is 18.3 Å². The fourth-order valence-corrected chi connectivity index (χ4v) is 1.88. The van der Waals surface area contributed by atoms with Crippen LogP contribution in [0.3, 0.4) is 0 Å². The van der Waals surface area contributed by atoms with E-state index in [1.165, 1.54) is 19.1 Å². The number of hydrazone groups is 1. The first-order valence-corrected chi connectivity index (χ1v) is 7.17. The number of hydrogen-bond donors (Lipinski definition) is 3. The Morgan fingerprint density at radius 1 is 1.04 bits per heavy atom. The highest BCUT2D eigenvalue weighted by Crippen LogP contribution is 2.09. The van der Waals surface area contributed by atoms with Crippen LogP contribution >= 0.6 is 12.2 Å². The average molecular weight is 330 g/mol. The fourth-order valence-electron chi connectivity index (χ4n) is 1.71. The van der Waals surface area contributed by atoms with Crippen molar-refractivity contribution in [1.29, 1.82) is 0 Å². The zero-order valence-corrected chi connectivity index (χ0v) is 13.2. The molecule has 0 aliphatic carbocycles. The molecule has 0 aliphatic heterocycles. The van der Waals surface area contributed by atoms with Crippen molar-refractivity contribution in [2.24, 2.45) is 5.10 Å². The Morgan fingerprint density at radius 3 is 2.22 bits per heavy atom. The molecule has 2 rings (SSSR count). The van der Waals surface area contributed by atoms with Crippen LogP contribution in [-0.4, -0.2) is 17.2 Å². The van der Waals surface area contributed by atoms with E-state index in [9.17, 15) is 9.18 Å². The smallest absolute Gasteiger partial charge is 0.221 e. The molecular formula is C16H15FN4OS. The minimum Gasteiger partial charge on any atom is -0.331 e. The number of carbonyl (C=O) groups excluding carboxylic acids is 1. The Bertz CT molecular complexity index is 714. The third-order valence-corrected chi connectivity index (χ3v) is 2.91. The molecule has 0 bridgehead atoms. The molecule has 0 spiro atoms. The van der Waals surface area contributed by atoms with Gasteiger partial charge in [0.1, 0.15) is 5.82 Å². The second kappa shape index (κ2) is 8.00. The highest BCUT2D eigenvalue weighted by atomic mass is 32.1. The molecule has 0 radical (unpaired) electrons. The maximum Gasteiger partial charge on any atom is 0.221 e. The number of nitrogens with one attached hydrogen (secondary N) is 3. The van der Waals surface area contributed by atoms with E-state index in [-0.39, 0.29) is 11.7 Å². The van der Waals surface area contributed by atoms with Crippen molar-refractivity contribution < 1.29 is 9.18 Å². The van der Waals surface area contributed by atoms with Gasteiger partial charge < -0.3 is 10.6 Å². The van der Waals surface area contributed by atoms with Gasteiger partial charge in [0.15, 0.2) is 5.11 Å². The van der Waals surface area contributed by atoms with E-state index in [1.54, 1.807) is 30.5 Å². The molecule has 0 saturated heterocycles. The van der Waals surface area contributed by atoms with E-state index < -0.39 is 0 Å². The Morgan fingerprint density at radius 2 is 1.61 bits per heavy atom. The Hall–Kier alpha value is -2.80. The number of halogens is 1. The van der Waals surface area contributed by atoms with Crippen LogP contribution in [0.4, 0.5) is 15.8 Å². The van der Waals surface area contributed by atoms with E-state index >= 15 is 0 Å². The molecule has 118 valence electrons. The van der Waals surface area contributed by atoms with E-state index in [2.05, 4.69) is 21.2 Å². The number of nitrogens with zero attached hydrogens (tertiary/aromatic N) is 1. The first-order chi connectivity index (χ1) is 11.0. The third kappa shape index (κ3) is 5.84. The van der Waals surface area contributed by atoms with Crippen LogP contribution < -0.4 is 16.1 Å². The molecule has 1 amide bonds. The van der Waals surface area contributed by atoms with Gasteiger partial charge in [-0.3, -0.25) is 10.2 Å². The third-order valence-electron chi connectivity index (χ3n) is 2.71. The molecule has 2 aromatic rings. The molecule has 0 atom stereocenters. The van der Waals surface area contributed by atoms with Gasteiger partial charge >= 0.3 is 0 Å². The van der Waals surface area contributed by atoms with Gasteiger partial charge in [-0.15, -0.1) is 0 Å². The number of anilines is 2. The van der Waals surface area contributed by atoms with Crippen molar-refractivity contribution in [2.45, 2.75) is 6.92 Å². The van der Waals surface area contributed by atoms with E-state index in [0.717, 1.165) is 11.3 Å². The van der Waals surface area contributed by atoms with Crippen molar-refractivity contribution in [3.8, 4) is 0 Å². The van der Waals surface area contributed by atoms with Crippen LogP contribution in [0, 0.1) is 5.82 Å². The molecule has 5 nitrogen and oxygen atoms in total. The van der Waals surface area contributed by atoms with E-state index in [4.69, 9.17) is 12.2 Å². The maximum atomic E-state index is 12.8. The summed E-state index contributed by atoms with van der Waals surface area (Å²) in [4.78, 5) is 10.9. The maximum absolute atomic E-state index is 12.8. The predicted molar refractivity (Wildman–Crippen MR) is 94.1 cm³/mol. The summed E-state index contributed by atoms with van der Waals surface area (Å²) in [7, 11) is 0. The normalized spacial score (nSPS) is 10.3. The van der Waals surface area contributed by atoms with E-state index in [1.807, 2.05) is 12.1 Å². The Kier molecular flexibility index (Phi) is 5.76. The molecule has 23 heavy (non-hydrogen) atoms. The van der Waals surface area contributed by atoms with Crippen LogP contribution in [0.1, 0.15) is 12.5 Å². The largest absolute Gasteiger partial charge is 0.331 e. The second-order valence-electron chi connectivity index (χ2n) is 4.63. The number of rotatable bonds is 4. The van der Waals surface area contributed by atoms with Gasteiger partial charge in [0.05, 0.1) is 6.21 Å². The first-order valence-electron chi connectivity index (χ1n) is 6.76. The SMILES string of the molecule is CC(=O)Nc1ccc(/C=N\NC(=S)Nc2ccc(F)cc2)cc1. The lowest BCUT2D eigenvalue weighted by Gasteiger charge is -2.06. The van der Waals surface area contributed by atoms with Crippen molar-refractivity contribution in [1.82, 2.24) is 5.43 Å². The molecule has 2 aromatic carbocycles. The standard InChI is InChI=1S/C16H15FN4OS/c1-11(22)19-14-6-2-12(3-7-14)10-18-21-16(23)20-15-8-4-13(17)5-9-15/h2-10H,1H3,(H,19,22)(H2,20,21,23)/b18-10-. The quantitative estimate of drug-likeness (QED) is 0.458. The number of thiocarbonyl (C=S) groups is 1. The van der Waals surface area contributed by atoms with Crippen molar-refractivity contribution >= 4 is 40.8 Å². The molecule has 0 heterocycles. The number of hydrogen-bond acceptors (Lipinski definition) is 3. The summed E-state index contributed by atoms with van der Waals surface area (Å²) >= 11 is 5.08. The second-order valence-corrected chi connectivity index (χ2v) is 5.04. The van der Waals surface area contributed by atoms with Gasteiger partial charge in [0.2, 0.25) is 5.91 Å². The zero-order valence-electron chi connectivity index (χ0n) is 12.3. The van der Waals surface area contributed by atoms with Crippen molar-refractivity contribution in [3.63, 3.8) is 0 Å². The highest BCUT2D eigenvalue weighted by molar-refractivity contribution is 7.80. The lowest BCUT2D eigenvalue weighted by atomic mass is 10.2. The molecule has 3 N–H and O–H groups in total. The number of amides is 1. The molecular weight excluding hydrogens is 315 g/mol. The minimum atomic E-state index is -0.310. The summed E-state index contributed by atoms with van der Waals surface area (Å²) in [5.74, 6) is -0.430. The summed E-state index contributed by atoms with van der Waals surface area (Å²) in [5, 5.41) is 9.86. The topological polar surface area (TPSA) is 65.5 Å². The van der Waals surface area contributed by atoms with Crippen LogP contribution in [-0.2, 0) is 4.79 Å². The summed E-state index contributed by atoms with van der Waals surface area (Å²) < 4.78 is 12.8. The van der Waals surface area contributed by atoms with Crippen LogP contribution in [0.2, 0.25) is 0 Å². The molecule has 0 aliphatic rings. The van der Waals surface area contributed by atoms with Gasteiger partial charge in [-0.25, -0.2) is 4.39 Å². The first kappa shape index (κ1) is 16.6. The summed E-state index contributed by atoms with van der Waals surface area (Å²) in [6, 6.07) is 13.0. The summed E-state index contributed by atoms with van der Waals surface area (Å²) in [6.07, 6.45) is 1.59. The summed E-state index contributed by atoms with van der Waals surface area (Å²) in [5.41, 5.74) is 4.90. The number of benzene rings is 2.